The minimum Gasteiger partial charge on any atom is -0.458 e. The summed E-state index contributed by atoms with van der Waals surface area (Å²) in [6.45, 7) is 18.3. The normalized spacial score (nSPS) is 14.9. The molecule has 0 fully saturated rings. The number of unbranched alkanes of at least 4 members (excludes halogenated alkanes) is 1. The van der Waals surface area contributed by atoms with Crippen LogP contribution in [0.2, 0.25) is 0 Å². The van der Waals surface area contributed by atoms with E-state index in [9.17, 15) is 4.79 Å². The predicted octanol–water partition coefficient (Wildman–Crippen LogP) is 5.12. The molecule has 0 aromatic carbocycles. The summed E-state index contributed by atoms with van der Waals surface area (Å²) in [5.74, 6) is -0.242. The lowest BCUT2D eigenvalue weighted by atomic mass is 9.89. The Morgan fingerprint density at radius 3 is 1.76 bits per heavy atom. The van der Waals surface area contributed by atoms with Crippen LogP contribution in [-0.4, -0.2) is 23.3 Å². The molecule has 0 saturated carbocycles. The number of carbonyl (C=O) groups excluding carboxylic acids is 1. The molecule has 1 atom stereocenters. The van der Waals surface area contributed by atoms with Gasteiger partial charge in [-0.15, -0.1) is 0 Å². The van der Waals surface area contributed by atoms with E-state index in [1.807, 2.05) is 41.5 Å². The molecule has 0 aliphatic heterocycles. The van der Waals surface area contributed by atoms with Crippen LogP contribution >= 0.6 is 0 Å². The van der Waals surface area contributed by atoms with E-state index in [2.05, 4.69) is 20.8 Å². The van der Waals surface area contributed by atoms with E-state index in [-0.39, 0.29) is 11.6 Å². The van der Waals surface area contributed by atoms with Crippen LogP contribution in [0.4, 0.5) is 0 Å². The molecule has 0 rings (SSSR count). The van der Waals surface area contributed by atoms with Gasteiger partial charge in [0.25, 0.3) is 0 Å². The second-order valence-electron chi connectivity index (χ2n) is 9.06. The van der Waals surface area contributed by atoms with Gasteiger partial charge in [-0.3, -0.25) is 0 Å². The van der Waals surface area contributed by atoms with Crippen molar-refractivity contribution in [1.29, 1.82) is 0 Å². The molecule has 0 aliphatic carbocycles. The highest BCUT2D eigenvalue weighted by Gasteiger charge is 2.29. The Bertz CT molecular complexity index is 313. The van der Waals surface area contributed by atoms with Crippen LogP contribution in [0.3, 0.4) is 0 Å². The van der Waals surface area contributed by atoms with Crippen molar-refractivity contribution in [3.63, 3.8) is 0 Å². The average molecular weight is 300 g/mol. The zero-order chi connectivity index (χ0) is 16.9. The third-order valence-corrected chi connectivity index (χ3v) is 2.81. The van der Waals surface area contributed by atoms with Crippen LogP contribution in [0.5, 0.6) is 0 Å². The van der Waals surface area contributed by atoms with Gasteiger partial charge in [0, 0.05) is 0 Å². The lowest BCUT2D eigenvalue weighted by molar-refractivity contribution is -0.178. The van der Waals surface area contributed by atoms with Crippen molar-refractivity contribution in [2.45, 2.75) is 105 Å². The Hall–Kier alpha value is -0.570. The van der Waals surface area contributed by atoms with Crippen LogP contribution in [-0.2, 0) is 14.3 Å². The smallest absolute Gasteiger partial charge is 0.335 e. The molecule has 21 heavy (non-hydrogen) atoms. The van der Waals surface area contributed by atoms with Crippen molar-refractivity contribution in [3.05, 3.63) is 0 Å². The Morgan fingerprint density at radius 2 is 1.38 bits per heavy atom. The van der Waals surface area contributed by atoms with E-state index in [4.69, 9.17) is 9.47 Å². The van der Waals surface area contributed by atoms with E-state index in [1.54, 1.807) is 0 Å². The van der Waals surface area contributed by atoms with Crippen molar-refractivity contribution in [2.24, 2.45) is 5.41 Å². The lowest BCUT2D eigenvalue weighted by Gasteiger charge is -2.29. The summed E-state index contributed by atoms with van der Waals surface area (Å²) in [5.41, 5.74) is -0.472. The molecule has 0 bridgehead atoms. The number of hydrogen-bond donors (Lipinski definition) is 0. The van der Waals surface area contributed by atoms with Gasteiger partial charge in [-0.05, 0) is 59.8 Å². The van der Waals surface area contributed by atoms with Gasteiger partial charge in [0.2, 0.25) is 0 Å². The lowest BCUT2D eigenvalue weighted by Crippen LogP contribution is -2.38. The number of ether oxygens (including phenoxy) is 2. The average Bonchev–Trinajstić information content (AvgIpc) is 2.16. The Morgan fingerprint density at radius 1 is 0.857 bits per heavy atom. The molecule has 0 amide bonds. The van der Waals surface area contributed by atoms with E-state index >= 15 is 0 Å². The first-order valence-electron chi connectivity index (χ1n) is 8.10. The van der Waals surface area contributed by atoms with Crippen molar-refractivity contribution in [3.8, 4) is 0 Å². The third-order valence-electron chi connectivity index (χ3n) is 2.81. The van der Waals surface area contributed by atoms with Crippen molar-refractivity contribution >= 4 is 5.97 Å². The topological polar surface area (TPSA) is 35.5 Å². The van der Waals surface area contributed by atoms with Crippen LogP contribution in [0.25, 0.3) is 0 Å². The summed E-state index contributed by atoms with van der Waals surface area (Å²) in [4.78, 5) is 12.3. The second kappa shape index (κ2) is 7.62. The van der Waals surface area contributed by atoms with Gasteiger partial charge in [0.1, 0.15) is 5.60 Å². The summed E-state index contributed by atoms with van der Waals surface area (Å²) in [5, 5.41) is 0. The fourth-order valence-corrected chi connectivity index (χ4v) is 2.00. The quantitative estimate of drug-likeness (QED) is 0.504. The van der Waals surface area contributed by atoms with E-state index in [0.717, 1.165) is 25.7 Å². The number of esters is 1. The molecule has 3 nitrogen and oxygen atoms in total. The van der Waals surface area contributed by atoms with Crippen molar-refractivity contribution in [1.82, 2.24) is 0 Å². The maximum atomic E-state index is 12.3. The van der Waals surface area contributed by atoms with E-state index < -0.39 is 11.7 Å². The molecule has 0 saturated heterocycles. The maximum absolute atomic E-state index is 12.3. The summed E-state index contributed by atoms with van der Waals surface area (Å²) in [6.07, 6.45) is 3.50. The summed E-state index contributed by atoms with van der Waals surface area (Å²) in [6, 6.07) is 0. The third kappa shape index (κ3) is 12.9. The van der Waals surface area contributed by atoms with Crippen LogP contribution in [0, 0.1) is 5.41 Å². The highest BCUT2D eigenvalue weighted by Crippen LogP contribution is 2.24. The summed E-state index contributed by atoms with van der Waals surface area (Å²) >= 11 is 0. The Kier molecular flexibility index (Phi) is 7.41. The fraction of sp³-hybridized carbons (Fsp3) is 0.944. The van der Waals surface area contributed by atoms with E-state index in [0.29, 0.717) is 5.41 Å². The maximum Gasteiger partial charge on any atom is 0.335 e. The number of carbonyl (C=O) groups is 1. The zero-order valence-electron chi connectivity index (χ0n) is 15.6. The van der Waals surface area contributed by atoms with Gasteiger partial charge >= 0.3 is 5.97 Å². The van der Waals surface area contributed by atoms with Gasteiger partial charge in [-0.1, -0.05) is 33.6 Å². The summed E-state index contributed by atoms with van der Waals surface area (Å²) in [7, 11) is 0. The minimum absolute atomic E-state index is 0.242. The fourth-order valence-electron chi connectivity index (χ4n) is 2.00. The molecule has 0 aliphatic rings. The molecule has 1 unspecified atom stereocenters. The van der Waals surface area contributed by atoms with Crippen LogP contribution in [0.1, 0.15) is 88.0 Å². The van der Waals surface area contributed by atoms with E-state index in [1.165, 1.54) is 0 Å². The highest BCUT2D eigenvalue weighted by molar-refractivity contribution is 5.75. The van der Waals surface area contributed by atoms with Crippen LogP contribution in [0.15, 0.2) is 0 Å². The standard InChI is InChI=1S/C18H36O3/c1-16(2,3)13-11-10-12-14(20-17(4,5)6)15(19)21-18(7,8)9/h14H,10-13H2,1-9H3. The first-order chi connectivity index (χ1) is 9.20. The first kappa shape index (κ1) is 20.4. The van der Waals surface area contributed by atoms with Gasteiger partial charge in [0.15, 0.2) is 6.10 Å². The van der Waals surface area contributed by atoms with Gasteiger partial charge in [-0.2, -0.15) is 0 Å². The highest BCUT2D eigenvalue weighted by atomic mass is 16.6. The number of rotatable bonds is 6. The summed E-state index contributed by atoms with van der Waals surface area (Å²) < 4.78 is 11.4. The second-order valence-corrected chi connectivity index (χ2v) is 9.06. The van der Waals surface area contributed by atoms with Crippen LogP contribution < -0.4 is 0 Å². The Labute approximate surface area is 131 Å². The number of hydrogen-bond acceptors (Lipinski definition) is 3. The first-order valence-corrected chi connectivity index (χ1v) is 8.10. The molecule has 3 heteroatoms. The molecule has 126 valence electrons. The molecular formula is C18H36O3. The van der Waals surface area contributed by atoms with Gasteiger partial charge < -0.3 is 9.47 Å². The molecule has 0 N–H and O–H groups in total. The predicted molar refractivity (Wildman–Crippen MR) is 88.4 cm³/mol. The SMILES string of the molecule is CC(C)(C)CCCCC(OC(C)(C)C)C(=O)OC(C)(C)C. The minimum atomic E-state index is -0.470. The largest absolute Gasteiger partial charge is 0.458 e. The van der Waals surface area contributed by atoms with Gasteiger partial charge in [-0.25, -0.2) is 4.79 Å². The molecule has 0 spiro atoms. The van der Waals surface area contributed by atoms with Crippen molar-refractivity contribution in [2.75, 3.05) is 0 Å². The molecule has 0 heterocycles. The molecule has 0 radical (unpaired) electrons. The Balaban J connectivity index is 4.50. The molecule has 0 aromatic rings. The molecular weight excluding hydrogens is 264 g/mol. The van der Waals surface area contributed by atoms with Gasteiger partial charge in [0.05, 0.1) is 5.60 Å². The molecule has 0 aromatic heterocycles. The zero-order valence-corrected chi connectivity index (χ0v) is 15.6. The van der Waals surface area contributed by atoms with Crippen molar-refractivity contribution < 1.29 is 14.3 Å². The monoisotopic (exact) mass is 300 g/mol.